The van der Waals surface area contributed by atoms with Gasteiger partial charge >= 0.3 is 0 Å². The molecular formula is C15H19N3O2. The van der Waals surface area contributed by atoms with E-state index in [1.807, 2.05) is 55.1 Å². The quantitative estimate of drug-likeness (QED) is 0.759. The van der Waals surface area contributed by atoms with Gasteiger partial charge in [-0.1, -0.05) is 12.1 Å². The van der Waals surface area contributed by atoms with E-state index in [1.165, 1.54) is 5.06 Å². The number of benzene rings is 1. The lowest BCUT2D eigenvalue weighted by Crippen LogP contribution is -2.30. The summed E-state index contributed by atoms with van der Waals surface area (Å²) in [6.45, 7) is 5.46. The van der Waals surface area contributed by atoms with Crippen LogP contribution >= 0.6 is 0 Å². The second-order valence-corrected chi connectivity index (χ2v) is 4.32. The molecule has 0 aliphatic heterocycles. The summed E-state index contributed by atoms with van der Waals surface area (Å²) < 4.78 is 1.84. The van der Waals surface area contributed by atoms with E-state index in [1.54, 1.807) is 6.20 Å². The van der Waals surface area contributed by atoms with Crippen molar-refractivity contribution in [3.8, 4) is 0 Å². The minimum Gasteiger partial charge on any atom is -0.271 e. The number of hydroxylamine groups is 2. The molecule has 0 saturated heterocycles. The SMILES string of the molecule is CCON(CC)C(=O)c1ccc(Cn2cccn2)cc1. The van der Waals surface area contributed by atoms with E-state index in [4.69, 9.17) is 4.84 Å². The lowest BCUT2D eigenvalue weighted by Gasteiger charge is -2.19. The molecule has 0 unspecified atom stereocenters. The highest BCUT2D eigenvalue weighted by molar-refractivity contribution is 5.93. The summed E-state index contributed by atoms with van der Waals surface area (Å²) in [7, 11) is 0. The van der Waals surface area contributed by atoms with Gasteiger partial charge in [-0.15, -0.1) is 0 Å². The van der Waals surface area contributed by atoms with Crippen LogP contribution in [0.25, 0.3) is 0 Å². The Bertz CT molecular complexity index is 535. The number of aromatic nitrogens is 2. The van der Waals surface area contributed by atoms with E-state index < -0.39 is 0 Å². The maximum absolute atomic E-state index is 12.2. The summed E-state index contributed by atoms with van der Waals surface area (Å²) in [5.41, 5.74) is 1.73. The molecule has 1 amide bonds. The standard InChI is InChI=1S/C15H19N3O2/c1-3-18(20-4-2)15(19)14-8-6-13(7-9-14)12-17-11-5-10-16-17/h5-11H,3-4,12H2,1-2H3. The Morgan fingerprint density at radius 2 is 2.05 bits per heavy atom. The van der Waals surface area contributed by atoms with Crippen molar-refractivity contribution in [1.29, 1.82) is 0 Å². The third-order valence-corrected chi connectivity index (χ3v) is 2.90. The number of carbonyl (C=O) groups is 1. The predicted molar refractivity (Wildman–Crippen MR) is 76.1 cm³/mol. The van der Waals surface area contributed by atoms with Gasteiger partial charge in [0.05, 0.1) is 13.2 Å². The molecule has 1 aromatic heterocycles. The summed E-state index contributed by atoms with van der Waals surface area (Å²) in [6, 6.07) is 9.41. The van der Waals surface area contributed by atoms with Crippen molar-refractivity contribution >= 4 is 5.91 Å². The molecule has 1 heterocycles. The second-order valence-electron chi connectivity index (χ2n) is 4.32. The molecule has 0 spiro atoms. The lowest BCUT2D eigenvalue weighted by atomic mass is 10.1. The third kappa shape index (κ3) is 3.45. The maximum atomic E-state index is 12.2. The van der Waals surface area contributed by atoms with Gasteiger partial charge in [0.1, 0.15) is 0 Å². The van der Waals surface area contributed by atoms with Crippen LogP contribution in [0, 0.1) is 0 Å². The molecule has 0 aliphatic rings. The first kappa shape index (κ1) is 14.3. The van der Waals surface area contributed by atoms with E-state index in [0.717, 1.165) is 5.56 Å². The molecule has 5 heteroatoms. The Morgan fingerprint density at radius 1 is 1.30 bits per heavy atom. The summed E-state index contributed by atoms with van der Waals surface area (Å²) in [5.74, 6) is -0.111. The van der Waals surface area contributed by atoms with E-state index in [9.17, 15) is 4.79 Å². The topological polar surface area (TPSA) is 47.4 Å². The van der Waals surface area contributed by atoms with Crippen molar-refractivity contribution in [3.05, 3.63) is 53.9 Å². The summed E-state index contributed by atoms with van der Waals surface area (Å²) in [5, 5.41) is 5.53. The zero-order chi connectivity index (χ0) is 14.4. The highest BCUT2D eigenvalue weighted by Crippen LogP contribution is 2.09. The molecule has 5 nitrogen and oxygen atoms in total. The Balaban J connectivity index is 2.05. The van der Waals surface area contributed by atoms with Crippen molar-refractivity contribution in [2.45, 2.75) is 20.4 Å². The molecule has 2 rings (SSSR count). The van der Waals surface area contributed by atoms with Crippen LogP contribution in [0.1, 0.15) is 29.8 Å². The molecule has 0 saturated carbocycles. The summed E-state index contributed by atoms with van der Waals surface area (Å²) in [6.07, 6.45) is 3.66. The molecule has 106 valence electrons. The Morgan fingerprint density at radius 3 is 2.60 bits per heavy atom. The highest BCUT2D eigenvalue weighted by Gasteiger charge is 2.14. The van der Waals surface area contributed by atoms with Gasteiger partial charge in [-0.25, -0.2) is 5.06 Å². The monoisotopic (exact) mass is 273 g/mol. The molecular weight excluding hydrogens is 254 g/mol. The summed E-state index contributed by atoms with van der Waals surface area (Å²) in [4.78, 5) is 17.5. The first-order valence-electron chi connectivity index (χ1n) is 6.75. The van der Waals surface area contributed by atoms with Gasteiger partial charge in [0.25, 0.3) is 5.91 Å². The van der Waals surface area contributed by atoms with Crippen LogP contribution in [0.3, 0.4) is 0 Å². The zero-order valence-electron chi connectivity index (χ0n) is 11.8. The predicted octanol–water partition coefficient (Wildman–Crippen LogP) is 2.35. The van der Waals surface area contributed by atoms with Crippen LogP contribution in [-0.2, 0) is 11.4 Å². The molecule has 0 radical (unpaired) electrons. The maximum Gasteiger partial charge on any atom is 0.277 e. The van der Waals surface area contributed by atoms with Crippen LogP contribution in [0.15, 0.2) is 42.7 Å². The van der Waals surface area contributed by atoms with E-state index in [-0.39, 0.29) is 5.91 Å². The van der Waals surface area contributed by atoms with Crippen molar-refractivity contribution < 1.29 is 9.63 Å². The van der Waals surface area contributed by atoms with Crippen LogP contribution in [0.2, 0.25) is 0 Å². The van der Waals surface area contributed by atoms with Crippen LogP contribution in [0.4, 0.5) is 0 Å². The molecule has 1 aromatic carbocycles. The van der Waals surface area contributed by atoms with Crippen molar-refractivity contribution in [1.82, 2.24) is 14.8 Å². The van der Waals surface area contributed by atoms with E-state index in [0.29, 0.717) is 25.3 Å². The molecule has 0 bridgehead atoms. The largest absolute Gasteiger partial charge is 0.277 e. The molecule has 0 atom stereocenters. The molecule has 0 aliphatic carbocycles. The molecule has 0 fully saturated rings. The van der Waals surface area contributed by atoms with Crippen LogP contribution < -0.4 is 0 Å². The average molecular weight is 273 g/mol. The smallest absolute Gasteiger partial charge is 0.271 e. The van der Waals surface area contributed by atoms with Gasteiger partial charge in [0, 0.05) is 24.5 Å². The Labute approximate surface area is 118 Å². The van der Waals surface area contributed by atoms with Crippen LogP contribution in [0.5, 0.6) is 0 Å². The normalized spacial score (nSPS) is 10.5. The van der Waals surface area contributed by atoms with Gasteiger partial charge in [-0.05, 0) is 37.6 Å². The van der Waals surface area contributed by atoms with E-state index >= 15 is 0 Å². The highest BCUT2D eigenvalue weighted by atomic mass is 16.7. The fraction of sp³-hybridized carbons (Fsp3) is 0.333. The molecule has 2 aromatic rings. The molecule has 20 heavy (non-hydrogen) atoms. The van der Waals surface area contributed by atoms with Gasteiger partial charge < -0.3 is 0 Å². The fourth-order valence-corrected chi connectivity index (χ4v) is 1.93. The number of carbonyl (C=O) groups excluding carboxylic acids is 1. The minimum absolute atomic E-state index is 0.111. The molecule has 0 N–H and O–H groups in total. The van der Waals surface area contributed by atoms with E-state index in [2.05, 4.69) is 5.10 Å². The minimum atomic E-state index is -0.111. The number of hydrogen-bond donors (Lipinski definition) is 0. The van der Waals surface area contributed by atoms with Crippen molar-refractivity contribution in [2.24, 2.45) is 0 Å². The number of nitrogens with zero attached hydrogens (tertiary/aromatic N) is 3. The Hall–Kier alpha value is -2.14. The van der Waals surface area contributed by atoms with Gasteiger partial charge in [-0.2, -0.15) is 5.10 Å². The third-order valence-electron chi connectivity index (χ3n) is 2.90. The first-order valence-corrected chi connectivity index (χ1v) is 6.75. The number of rotatable bonds is 6. The van der Waals surface area contributed by atoms with Crippen molar-refractivity contribution in [2.75, 3.05) is 13.2 Å². The second kappa shape index (κ2) is 6.86. The summed E-state index contributed by atoms with van der Waals surface area (Å²) >= 11 is 0. The Kier molecular flexibility index (Phi) is 4.90. The zero-order valence-corrected chi connectivity index (χ0v) is 11.8. The van der Waals surface area contributed by atoms with Crippen LogP contribution in [-0.4, -0.2) is 33.9 Å². The fourth-order valence-electron chi connectivity index (χ4n) is 1.93. The number of amides is 1. The van der Waals surface area contributed by atoms with Gasteiger partial charge in [0.15, 0.2) is 0 Å². The van der Waals surface area contributed by atoms with Crippen molar-refractivity contribution in [3.63, 3.8) is 0 Å². The lowest BCUT2D eigenvalue weighted by molar-refractivity contribution is -0.115. The van der Waals surface area contributed by atoms with Gasteiger partial charge in [0.2, 0.25) is 0 Å². The first-order chi connectivity index (χ1) is 9.74. The number of hydrogen-bond acceptors (Lipinski definition) is 3. The average Bonchev–Trinajstić information content (AvgIpc) is 2.98. The van der Waals surface area contributed by atoms with Gasteiger partial charge in [-0.3, -0.25) is 14.3 Å².